The lowest BCUT2D eigenvalue weighted by Crippen LogP contribution is -2.35. The van der Waals surface area contributed by atoms with E-state index in [2.05, 4.69) is 4.99 Å². The molecule has 3 aromatic carbocycles. The van der Waals surface area contributed by atoms with E-state index in [1.165, 1.54) is 6.08 Å². The molecule has 0 heterocycles. The minimum atomic E-state index is -2.83. The largest absolute Gasteiger partial charge is 0.822 e. The van der Waals surface area contributed by atoms with Gasteiger partial charge in [-0.15, -0.1) is 0 Å². The highest BCUT2D eigenvalue weighted by Crippen LogP contribution is 2.21. The van der Waals surface area contributed by atoms with Crippen LogP contribution >= 0.6 is 0 Å². The first-order chi connectivity index (χ1) is 15.7. The van der Waals surface area contributed by atoms with E-state index in [9.17, 15) is 14.4 Å². The second-order valence-electron chi connectivity index (χ2n) is 6.55. The molecule has 0 fully saturated rings. The van der Waals surface area contributed by atoms with E-state index in [0.29, 0.717) is 36.3 Å². The molecule has 0 N–H and O–H groups in total. The van der Waals surface area contributed by atoms with Crippen LogP contribution in [0.3, 0.4) is 0 Å². The van der Waals surface area contributed by atoms with E-state index in [0.717, 1.165) is 5.56 Å². The lowest BCUT2D eigenvalue weighted by Gasteiger charge is -2.17. The van der Waals surface area contributed by atoms with Crippen LogP contribution in [0.2, 0.25) is 0 Å². The maximum absolute atomic E-state index is 12.6. The number of para-hydroxylation sites is 1. The Hall–Kier alpha value is -4.00. The number of aliphatic imine (C=N–C) groups is 1. The number of hydrogen-bond donors (Lipinski definition) is 0. The fourth-order valence-corrected chi connectivity index (χ4v) is 3.82. The Labute approximate surface area is 187 Å². The van der Waals surface area contributed by atoms with Gasteiger partial charge in [-0.3, -0.25) is 0 Å². The van der Waals surface area contributed by atoms with Crippen molar-refractivity contribution in [3.8, 4) is 5.75 Å². The summed E-state index contributed by atoms with van der Waals surface area (Å²) in [5.74, 6) is -0.880. The van der Waals surface area contributed by atoms with Crippen molar-refractivity contribution < 1.29 is 27.7 Å². The number of carbonyl (C=O) groups is 2. The van der Waals surface area contributed by atoms with Gasteiger partial charge in [-0.25, -0.2) is 19.4 Å². The molecule has 3 rings (SSSR count). The van der Waals surface area contributed by atoms with E-state index >= 15 is 0 Å². The molecule has 0 aromatic heterocycles. The predicted molar refractivity (Wildman–Crippen MR) is 118 cm³/mol. The standard InChI is InChI=1S/C24H20NO6Si/c26-18-25-17-9-15-19-10-7-8-16-22(19)29-32(30-23(27)20-11-3-1-4-12-20)31-24(28)21-13-5-2-6-14-21/h1-8,10-14,16H,9,15,17H2. The molecular weight excluding hydrogens is 426 g/mol. The van der Waals surface area contributed by atoms with Crippen LogP contribution in [0, 0.1) is 0 Å². The van der Waals surface area contributed by atoms with Crippen LogP contribution in [-0.2, 0) is 20.1 Å². The molecule has 0 bridgehead atoms. The molecule has 0 aliphatic carbocycles. The zero-order valence-corrected chi connectivity index (χ0v) is 18.1. The maximum atomic E-state index is 12.6. The summed E-state index contributed by atoms with van der Waals surface area (Å²) in [6.07, 6.45) is 2.68. The number of benzene rings is 3. The Morgan fingerprint density at radius 3 is 1.88 bits per heavy atom. The Morgan fingerprint density at radius 2 is 1.31 bits per heavy atom. The first-order valence-corrected chi connectivity index (χ1v) is 11.1. The molecule has 0 aliphatic heterocycles. The fourth-order valence-electron chi connectivity index (χ4n) is 2.77. The monoisotopic (exact) mass is 446 g/mol. The average Bonchev–Trinajstić information content (AvgIpc) is 2.84. The van der Waals surface area contributed by atoms with Crippen LogP contribution in [0.5, 0.6) is 5.75 Å². The summed E-state index contributed by atoms with van der Waals surface area (Å²) in [7, 11) is -2.83. The molecule has 0 aliphatic rings. The lowest BCUT2D eigenvalue weighted by atomic mass is 10.1. The third-order valence-electron chi connectivity index (χ3n) is 4.32. The van der Waals surface area contributed by atoms with E-state index in [4.69, 9.17) is 13.3 Å². The van der Waals surface area contributed by atoms with Crippen molar-refractivity contribution in [3.63, 3.8) is 0 Å². The Bertz CT molecular complexity index is 1030. The van der Waals surface area contributed by atoms with Gasteiger partial charge in [0.05, 0.1) is 17.7 Å². The SMILES string of the molecule is O=C=NCCCc1ccccc1O[Si](OC(=O)c1ccccc1)OC(=O)c1ccccc1. The summed E-state index contributed by atoms with van der Waals surface area (Å²) >= 11 is 0. The highest BCUT2D eigenvalue weighted by atomic mass is 28.3. The Kier molecular flexibility index (Phi) is 8.50. The topological polar surface area (TPSA) is 91.3 Å². The number of nitrogens with zero attached hydrogens (tertiary/aromatic N) is 1. The summed E-state index contributed by atoms with van der Waals surface area (Å²) in [6.45, 7) is 0.335. The van der Waals surface area contributed by atoms with Gasteiger partial charge in [-0.05, 0) is 48.7 Å². The molecule has 1 radical (unpaired) electrons. The van der Waals surface area contributed by atoms with Crippen LogP contribution in [-0.4, -0.2) is 34.1 Å². The summed E-state index contributed by atoms with van der Waals surface area (Å²) < 4.78 is 16.8. The third-order valence-corrected chi connectivity index (χ3v) is 5.41. The minimum Gasteiger partial charge on any atom is -0.479 e. The minimum absolute atomic E-state index is 0.314. The van der Waals surface area contributed by atoms with Gasteiger partial charge in [-0.1, -0.05) is 54.6 Å². The molecule has 0 amide bonds. The highest BCUT2D eigenvalue weighted by molar-refractivity contribution is 6.44. The van der Waals surface area contributed by atoms with Crippen molar-refractivity contribution in [1.82, 2.24) is 0 Å². The molecule has 0 saturated heterocycles. The van der Waals surface area contributed by atoms with E-state index in [-0.39, 0.29) is 0 Å². The molecule has 32 heavy (non-hydrogen) atoms. The Balaban J connectivity index is 1.78. The number of rotatable bonds is 10. The molecule has 161 valence electrons. The maximum Gasteiger partial charge on any atom is 0.822 e. The van der Waals surface area contributed by atoms with Gasteiger partial charge in [0.1, 0.15) is 5.75 Å². The van der Waals surface area contributed by atoms with Gasteiger partial charge in [0.25, 0.3) is 0 Å². The van der Waals surface area contributed by atoms with Crippen molar-refractivity contribution >= 4 is 27.5 Å². The molecule has 8 heteroatoms. The number of hydrogen-bond acceptors (Lipinski definition) is 7. The number of aryl methyl sites for hydroxylation is 1. The molecule has 3 aromatic rings. The Morgan fingerprint density at radius 1 is 0.781 bits per heavy atom. The highest BCUT2D eigenvalue weighted by Gasteiger charge is 2.34. The van der Waals surface area contributed by atoms with E-state index < -0.39 is 21.5 Å². The van der Waals surface area contributed by atoms with Crippen molar-refractivity contribution in [2.45, 2.75) is 12.8 Å². The molecule has 7 nitrogen and oxygen atoms in total. The van der Waals surface area contributed by atoms with Gasteiger partial charge in [0, 0.05) is 0 Å². The van der Waals surface area contributed by atoms with Gasteiger partial charge in [0.2, 0.25) is 6.08 Å². The van der Waals surface area contributed by atoms with Gasteiger partial charge >= 0.3 is 21.5 Å². The van der Waals surface area contributed by atoms with Crippen molar-refractivity contribution in [2.75, 3.05) is 6.54 Å². The smallest absolute Gasteiger partial charge is 0.479 e. The molecule has 0 unspecified atom stereocenters. The molecule has 0 saturated carbocycles. The quantitative estimate of drug-likeness (QED) is 0.202. The van der Waals surface area contributed by atoms with E-state index in [1.54, 1.807) is 72.8 Å². The van der Waals surface area contributed by atoms with Gasteiger partial charge in [0.15, 0.2) is 0 Å². The summed E-state index contributed by atoms with van der Waals surface area (Å²) in [5, 5.41) is 0. The van der Waals surface area contributed by atoms with Crippen molar-refractivity contribution in [3.05, 3.63) is 102 Å². The van der Waals surface area contributed by atoms with Gasteiger partial charge < -0.3 is 13.3 Å². The normalized spacial score (nSPS) is 10.2. The van der Waals surface area contributed by atoms with Crippen LogP contribution in [0.15, 0.2) is 89.9 Å². The number of isocyanates is 1. The summed E-state index contributed by atoms with van der Waals surface area (Å²) in [5.41, 5.74) is 1.44. The second kappa shape index (κ2) is 12.0. The van der Waals surface area contributed by atoms with Crippen LogP contribution < -0.4 is 4.43 Å². The fraction of sp³-hybridized carbons (Fsp3) is 0.125. The average molecular weight is 447 g/mol. The van der Waals surface area contributed by atoms with Crippen LogP contribution in [0.4, 0.5) is 0 Å². The zero-order chi connectivity index (χ0) is 22.6. The molecule has 0 spiro atoms. The van der Waals surface area contributed by atoms with Crippen molar-refractivity contribution in [1.29, 1.82) is 0 Å². The third kappa shape index (κ3) is 6.77. The van der Waals surface area contributed by atoms with Crippen LogP contribution in [0.25, 0.3) is 0 Å². The first kappa shape index (κ1) is 22.7. The zero-order valence-electron chi connectivity index (χ0n) is 17.1. The van der Waals surface area contributed by atoms with E-state index in [1.807, 2.05) is 12.1 Å². The summed E-state index contributed by atoms with van der Waals surface area (Å²) in [6, 6.07) is 23.9. The second-order valence-corrected chi connectivity index (χ2v) is 7.66. The summed E-state index contributed by atoms with van der Waals surface area (Å²) in [4.78, 5) is 39.0. The first-order valence-electron chi connectivity index (χ1n) is 9.88. The molecular formula is C24H20NO6Si. The lowest BCUT2D eigenvalue weighted by molar-refractivity contribution is 0.0529. The predicted octanol–water partition coefficient (Wildman–Crippen LogP) is 4.03. The molecule has 0 atom stereocenters. The number of carbonyl (C=O) groups excluding carboxylic acids is 3. The van der Waals surface area contributed by atoms with Crippen LogP contribution in [0.1, 0.15) is 32.7 Å². The van der Waals surface area contributed by atoms with Crippen molar-refractivity contribution in [2.24, 2.45) is 4.99 Å². The van der Waals surface area contributed by atoms with Gasteiger partial charge in [-0.2, -0.15) is 0 Å².